The lowest BCUT2D eigenvalue weighted by Crippen LogP contribution is -2.12. The van der Waals surface area contributed by atoms with Crippen LogP contribution in [0.4, 0.5) is 17.2 Å². The first-order valence-electron chi connectivity index (χ1n) is 8.00. The van der Waals surface area contributed by atoms with E-state index in [-0.39, 0.29) is 5.91 Å². The maximum atomic E-state index is 12.3. The molecule has 3 rings (SSSR count). The largest absolute Gasteiger partial charge is 0.497 e. The van der Waals surface area contributed by atoms with Gasteiger partial charge in [-0.2, -0.15) is 0 Å². The number of methoxy groups -OCH3 is 2. The van der Waals surface area contributed by atoms with E-state index < -0.39 is 0 Å². The van der Waals surface area contributed by atoms with Crippen molar-refractivity contribution < 1.29 is 14.3 Å². The zero-order valence-electron chi connectivity index (χ0n) is 14.5. The number of nitrogens with zero attached hydrogens (tertiary/aromatic N) is 1. The minimum absolute atomic E-state index is 0.223. The first-order valence-corrected chi connectivity index (χ1v) is 8.00. The first-order chi connectivity index (χ1) is 12.7. The number of benzene rings is 2. The lowest BCUT2D eigenvalue weighted by atomic mass is 10.2. The molecule has 0 aliphatic rings. The quantitative estimate of drug-likeness (QED) is 0.701. The number of pyridine rings is 1. The van der Waals surface area contributed by atoms with Crippen molar-refractivity contribution in [2.24, 2.45) is 0 Å². The molecular formula is C20H19N3O3. The number of amides is 1. The van der Waals surface area contributed by atoms with E-state index in [0.29, 0.717) is 22.8 Å². The second kappa shape index (κ2) is 8.02. The topological polar surface area (TPSA) is 72.5 Å². The van der Waals surface area contributed by atoms with Crippen LogP contribution in [0.25, 0.3) is 0 Å². The van der Waals surface area contributed by atoms with E-state index in [2.05, 4.69) is 15.6 Å². The van der Waals surface area contributed by atoms with Gasteiger partial charge in [0.05, 0.1) is 26.1 Å². The summed E-state index contributed by atoms with van der Waals surface area (Å²) in [5, 5.41) is 6.00. The summed E-state index contributed by atoms with van der Waals surface area (Å²) in [6.07, 6.45) is 1.60. The van der Waals surface area contributed by atoms with Crippen molar-refractivity contribution in [3.05, 3.63) is 72.4 Å². The normalized spacial score (nSPS) is 10.1. The molecule has 0 radical (unpaired) electrons. The van der Waals surface area contributed by atoms with Gasteiger partial charge < -0.3 is 20.1 Å². The molecule has 2 N–H and O–H groups in total. The number of hydrogen-bond donors (Lipinski definition) is 2. The lowest BCUT2D eigenvalue weighted by Gasteiger charge is -2.09. The van der Waals surface area contributed by atoms with Gasteiger partial charge in [0.1, 0.15) is 17.3 Å². The molecule has 2 aromatic carbocycles. The Morgan fingerprint density at radius 2 is 1.62 bits per heavy atom. The molecule has 0 saturated heterocycles. The van der Waals surface area contributed by atoms with Gasteiger partial charge in [-0.3, -0.25) is 4.79 Å². The van der Waals surface area contributed by atoms with Gasteiger partial charge in [-0.1, -0.05) is 12.1 Å². The van der Waals surface area contributed by atoms with Crippen LogP contribution in [0.1, 0.15) is 10.4 Å². The summed E-state index contributed by atoms with van der Waals surface area (Å²) in [7, 11) is 3.19. The van der Waals surface area contributed by atoms with Crippen LogP contribution in [-0.2, 0) is 0 Å². The molecule has 0 atom stereocenters. The predicted octanol–water partition coefficient (Wildman–Crippen LogP) is 4.09. The molecule has 3 aromatic rings. The van der Waals surface area contributed by atoms with Crippen molar-refractivity contribution in [2.45, 2.75) is 0 Å². The van der Waals surface area contributed by atoms with Gasteiger partial charge in [-0.05, 0) is 42.5 Å². The maximum Gasteiger partial charge on any atom is 0.255 e. The smallest absolute Gasteiger partial charge is 0.255 e. The van der Waals surface area contributed by atoms with E-state index in [9.17, 15) is 4.79 Å². The van der Waals surface area contributed by atoms with Gasteiger partial charge in [-0.25, -0.2) is 4.98 Å². The molecule has 1 amide bonds. The summed E-state index contributed by atoms with van der Waals surface area (Å²) in [5.74, 6) is 1.84. The van der Waals surface area contributed by atoms with Crippen LogP contribution in [-0.4, -0.2) is 25.1 Å². The number of hydrogen-bond acceptors (Lipinski definition) is 5. The summed E-state index contributed by atoms with van der Waals surface area (Å²) in [4.78, 5) is 16.6. The summed E-state index contributed by atoms with van der Waals surface area (Å²) >= 11 is 0. The summed E-state index contributed by atoms with van der Waals surface area (Å²) in [6.45, 7) is 0. The lowest BCUT2D eigenvalue weighted by molar-refractivity contribution is 0.102. The highest BCUT2D eigenvalue weighted by Crippen LogP contribution is 2.21. The number of nitrogens with one attached hydrogen (secondary N) is 2. The minimum Gasteiger partial charge on any atom is -0.497 e. The second-order valence-electron chi connectivity index (χ2n) is 5.48. The van der Waals surface area contributed by atoms with Gasteiger partial charge in [0.2, 0.25) is 0 Å². The Balaban J connectivity index is 1.66. The molecular weight excluding hydrogens is 330 g/mol. The average Bonchev–Trinajstić information content (AvgIpc) is 2.69. The fourth-order valence-corrected chi connectivity index (χ4v) is 2.36. The Bertz CT molecular complexity index is 895. The average molecular weight is 349 g/mol. The second-order valence-corrected chi connectivity index (χ2v) is 5.48. The van der Waals surface area contributed by atoms with Crippen molar-refractivity contribution in [3.8, 4) is 11.5 Å². The standard InChI is InChI=1S/C20H19N3O3/c1-25-17-7-3-5-14(11-17)20(24)23-16-9-10-19(21-13-16)22-15-6-4-8-18(12-15)26-2/h3-13H,1-2H3,(H,21,22)(H,23,24). The van der Waals surface area contributed by atoms with E-state index in [0.717, 1.165) is 11.4 Å². The van der Waals surface area contributed by atoms with Crippen molar-refractivity contribution in [2.75, 3.05) is 24.9 Å². The molecule has 6 nitrogen and oxygen atoms in total. The zero-order valence-corrected chi connectivity index (χ0v) is 14.5. The number of rotatable bonds is 6. The number of anilines is 3. The molecule has 0 aliphatic carbocycles. The number of aromatic nitrogens is 1. The molecule has 1 aromatic heterocycles. The van der Waals surface area contributed by atoms with Crippen LogP contribution in [0.5, 0.6) is 11.5 Å². The van der Waals surface area contributed by atoms with E-state index in [4.69, 9.17) is 9.47 Å². The zero-order chi connectivity index (χ0) is 18.4. The van der Waals surface area contributed by atoms with E-state index in [1.165, 1.54) is 0 Å². The Morgan fingerprint density at radius 1 is 0.885 bits per heavy atom. The molecule has 6 heteroatoms. The molecule has 0 fully saturated rings. The van der Waals surface area contributed by atoms with Gasteiger partial charge in [0, 0.05) is 17.3 Å². The first kappa shape index (κ1) is 17.3. The molecule has 26 heavy (non-hydrogen) atoms. The molecule has 0 unspecified atom stereocenters. The van der Waals surface area contributed by atoms with Crippen molar-refractivity contribution in [1.29, 1.82) is 0 Å². The van der Waals surface area contributed by atoms with E-state index in [1.54, 1.807) is 56.8 Å². The Morgan fingerprint density at radius 3 is 2.31 bits per heavy atom. The third-order valence-corrected chi connectivity index (χ3v) is 3.70. The highest BCUT2D eigenvalue weighted by Gasteiger charge is 2.07. The molecule has 0 aliphatic heterocycles. The Labute approximate surface area is 151 Å². The van der Waals surface area contributed by atoms with Crippen LogP contribution in [0.3, 0.4) is 0 Å². The van der Waals surface area contributed by atoms with Crippen LogP contribution in [0.2, 0.25) is 0 Å². The van der Waals surface area contributed by atoms with Crippen LogP contribution >= 0.6 is 0 Å². The van der Waals surface area contributed by atoms with Crippen molar-refractivity contribution >= 4 is 23.1 Å². The van der Waals surface area contributed by atoms with Gasteiger partial charge in [0.15, 0.2) is 0 Å². The van der Waals surface area contributed by atoms with Crippen LogP contribution in [0, 0.1) is 0 Å². The predicted molar refractivity (Wildman–Crippen MR) is 101 cm³/mol. The van der Waals surface area contributed by atoms with Gasteiger partial charge in [-0.15, -0.1) is 0 Å². The maximum absolute atomic E-state index is 12.3. The van der Waals surface area contributed by atoms with Crippen LogP contribution in [0.15, 0.2) is 66.9 Å². The van der Waals surface area contributed by atoms with Gasteiger partial charge in [0.25, 0.3) is 5.91 Å². The van der Waals surface area contributed by atoms with Crippen LogP contribution < -0.4 is 20.1 Å². The SMILES string of the molecule is COc1cccc(Nc2ccc(NC(=O)c3cccc(OC)c3)cn2)c1. The third kappa shape index (κ3) is 4.30. The van der Waals surface area contributed by atoms with Crippen molar-refractivity contribution in [1.82, 2.24) is 4.98 Å². The molecule has 132 valence electrons. The highest BCUT2D eigenvalue weighted by atomic mass is 16.5. The minimum atomic E-state index is -0.223. The molecule has 0 saturated carbocycles. The Hall–Kier alpha value is -3.54. The number of ether oxygens (including phenoxy) is 2. The summed E-state index contributed by atoms with van der Waals surface area (Å²) in [6, 6.07) is 18.1. The number of carbonyl (C=O) groups excluding carboxylic acids is 1. The third-order valence-electron chi connectivity index (χ3n) is 3.70. The van der Waals surface area contributed by atoms with Crippen molar-refractivity contribution in [3.63, 3.8) is 0 Å². The van der Waals surface area contributed by atoms with E-state index >= 15 is 0 Å². The Kier molecular flexibility index (Phi) is 5.34. The number of carbonyl (C=O) groups is 1. The monoisotopic (exact) mass is 349 g/mol. The fraction of sp³-hybridized carbons (Fsp3) is 0.100. The van der Waals surface area contributed by atoms with Gasteiger partial charge >= 0.3 is 0 Å². The molecule has 0 bridgehead atoms. The summed E-state index contributed by atoms with van der Waals surface area (Å²) < 4.78 is 10.3. The van der Waals surface area contributed by atoms with E-state index in [1.807, 2.05) is 24.3 Å². The molecule has 1 heterocycles. The summed E-state index contributed by atoms with van der Waals surface area (Å²) in [5.41, 5.74) is 1.99. The molecule has 0 spiro atoms. The highest BCUT2D eigenvalue weighted by molar-refractivity contribution is 6.04. The fourth-order valence-electron chi connectivity index (χ4n) is 2.36.